The van der Waals surface area contributed by atoms with E-state index in [1.165, 1.54) is 25.4 Å². The van der Waals surface area contributed by atoms with Crippen LogP contribution in [0, 0.1) is 0 Å². The molecule has 0 spiro atoms. The molecule has 0 aliphatic carbocycles. The molecule has 7 rings (SSSR count). The Morgan fingerprint density at radius 3 is 2.27 bits per heavy atom. The predicted molar refractivity (Wildman–Crippen MR) is 253 cm³/mol. The molecule has 24 heteroatoms. The number of carbonyl (C=O) groups excluding carboxylic acids is 5. The lowest BCUT2D eigenvalue weighted by Gasteiger charge is -2.27. The SMILES string of the molecule is CN(c1ncccc1CNc1nc(Nc2ccc(NC(=O)c3cn(CCCCCCCCCCCNc4cccc5c4C(=O)N(C4CCC(=O)NC4=O)C5=O)nn3)cc2)ncc1C(F)(F)F)S(C)(=O)=O. The minimum Gasteiger partial charge on any atom is -0.384 e. The fourth-order valence-corrected chi connectivity index (χ4v) is 8.45. The summed E-state index contributed by atoms with van der Waals surface area (Å²) in [5.74, 6) is -3.24. The fourth-order valence-electron chi connectivity index (χ4n) is 7.97. The van der Waals surface area contributed by atoms with Gasteiger partial charge in [-0.25, -0.2) is 18.4 Å². The van der Waals surface area contributed by atoms with Crippen LogP contribution < -0.4 is 30.9 Å². The van der Waals surface area contributed by atoms with Gasteiger partial charge in [-0.1, -0.05) is 62.3 Å². The number of piperidine rings is 1. The zero-order chi connectivity index (χ0) is 50.0. The Kier molecular flexibility index (Phi) is 16.0. The van der Waals surface area contributed by atoms with Gasteiger partial charge in [0.2, 0.25) is 27.8 Å². The number of hydrogen-bond acceptors (Lipinski definition) is 15. The standard InChI is InChI=1S/C46H52F3N13O7S/c1-60(70(2,68)69)40-29(14-13-24-51-40)26-52-39-33(46(47,48)49)27-53-45(57-39)55-31-19-17-30(18-20-31)54-41(64)35-28-61(59-58-35)25-11-9-7-5-3-4-6-8-10-23-50-34-16-12-15-32-38(34)44(67)62(43(32)66)36-21-22-37(63)56-42(36)65/h12-20,24,27-28,36,50H,3-11,21-23,25-26H2,1-2H3,(H,54,64)(H,56,63,65)(H2,52,53,55,57). The molecule has 5 heterocycles. The number of rotatable bonds is 23. The average Bonchev–Trinajstić information content (AvgIpc) is 3.90. The lowest BCUT2D eigenvalue weighted by molar-refractivity contribution is -0.138. The molecule has 3 aromatic heterocycles. The van der Waals surface area contributed by atoms with Crippen LogP contribution in [0.15, 0.2) is 73.2 Å². The first kappa shape index (κ1) is 50.4. The summed E-state index contributed by atoms with van der Waals surface area (Å²) in [5, 5.41) is 21.9. The summed E-state index contributed by atoms with van der Waals surface area (Å²) in [7, 11) is -2.41. The number of nitrogens with one attached hydrogen (secondary N) is 5. The molecule has 2 aliphatic heterocycles. The number of amides is 5. The van der Waals surface area contributed by atoms with Gasteiger partial charge in [-0.2, -0.15) is 18.2 Å². The van der Waals surface area contributed by atoms with Crippen molar-refractivity contribution < 1.29 is 45.6 Å². The van der Waals surface area contributed by atoms with Crippen LogP contribution in [-0.4, -0.2) is 98.7 Å². The summed E-state index contributed by atoms with van der Waals surface area (Å²) in [4.78, 5) is 76.2. The fraction of sp³-hybridized carbons (Fsp3) is 0.391. The molecule has 5 amide bonds. The Morgan fingerprint density at radius 1 is 0.871 bits per heavy atom. The van der Waals surface area contributed by atoms with Crippen molar-refractivity contribution in [2.45, 2.75) is 95.9 Å². The van der Waals surface area contributed by atoms with Gasteiger partial charge in [-0.15, -0.1) is 5.10 Å². The van der Waals surface area contributed by atoms with Crippen LogP contribution in [0.5, 0.6) is 0 Å². The molecule has 5 N–H and O–H groups in total. The molecule has 70 heavy (non-hydrogen) atoms. The van der Waals surface area contributed by atoms with Gasteiger partial charge >= 0.3 is 6.18 Å². The molecule has 2 aromatic carbocycles. The molecule has 5 aromatic rings. The van der Waals surface area contributed by atoms with Crippen LogP contribution in [0.2, 0.25) is 0 Å². The number of hydrogen-bond donors (Lipinski definition) is 5. The topological polar surface area (TPSA) is 255 Å². The quantitative estimate of drug-likeness (QED) is 0.0345. The minimum atomic E-state index is -4.79. The number of halogens is 3. The second-order valence-corrected chi connectivity index (χ2v) is 18.8. The first-order chi connectivity index (χ1) is 33.5. The van der Waals surface area contributed by atoms with Crippen molar-refractivity contribution in [3.05, 3.63) is 101 Å². The second kappa shape index (κ2) is 22.3. The summed E-state index contributed by atoms with van der Waals surface area (Å²) < 4.78 is 68.5. The van der Waals surface area contributed by atoms with Gasteiger partial charge in [0.1, 0.15) is 23.2 Å². The van der Waals surface area contributed by atoms with Crippen molar-refractivity contribution in [2.75, 3.05) is 45.4 Å². The summed E-state index contributed by atoms with van der Waals surface area (Å²) in [6.07, 6.45) is 9.07. The lowest BCUT2D eigenvalue weighted by Crippen LogP contribution is -2.54. The van der Waals surface area contributed by atoms with Crippen LogP contribution in [0.4, 0.5) is 47.8 Å². The number of benzene rings is 2. The number of sulfonamides is 1. The number of pyridine rings is 1. The zero-order valence-electron chi connectivity index (χ0n) is 38.4. The van der Waals surface area contributed by atoms with E-state index in [9.17, 15) is 45.6 Å². The van der Waals surface area contributed by atoms with Gasteiger partial charge in [-0.05, 0) is 61.7 Å². The number of nitrogens with zero attached hydrogens (tertiary/aromatic N) is 8. The van der Waals surface area contributed by atoms with E-state index in [1.54, 1.807) is 53.3 Å². The molecule has 20 nitrogen and oxygen atoms in total. The van der Waals surface area contributed by atoms with Crippen molar-refractivity contribution in [1.29, 1.82) is 0 Å². The van der Waals surface area contributed by atoms with Gasteiger partial charge in [0.25, 0.3) is 17.7 Å². The van der Waals surface area contributed by atoms with E-state index in [1.807, 2.05) is 0 Å². The maximum absolute atomic E-state index is 13.9. The van der Waals surface area contributed by atoms with Crippen molar-refractivity contribution >= 4 is 74.2 Å². The molecule has 1 unspecified atom stereocenters. The third-order valence-corrected chi connectivity index (χ3v) is 12.9. The zero-order valence-corrected chi connectivity index (χ0v) is 39.2. The Morgan fingerprint density at radius 2 is 1.57 bits per heavy atom. The van der Waals surface area contributed by atoms with Crippen LogP contribution in [0.25, 0.3) is 0 Å². The van der Waals surface area contributed by atoms with Crippen LogP contribution in [-0.2, 0) is 38.9 Å². The first-order valence-corrected chi connectivity index (χ1v) is 24.6. The van der Waals surface area contributed by atoms with Crippen molar-refractivity contribution in [2.24, 2.45) is 0 Å². The minimum absolute atomic E-state index is 0.0452. The molecule has 1 atom stereocenters. The third kappa shape index (κ3) is 12.6. The number of anilines is 6. The Labute approximate surface area is 401 Å². The van der Waals surface area contributed by atoms with Gasteiger partial charge in [0.05, 0.1) is 23.6 Å². The van der Waals surface area contributed by atoms with Gasteiger partial charge in [-0.3, -0.25) is 43.2 Å². The number of fused-ring (bicyclic) bond motifs is 1. The van der Waals surface area contributed by atoms with E-state index in [-0.39, 0.29) is 48.0 Å². The van der Waals surface area contributed by atoms with Crippen LogP contribution in [0.3, 0.4) is 0 Å². The van der Waals surface area contributed by atoms with E-state index in [0.717, 1.165) is 73.2 Å². The largest absolute Gasteiger partial charge is 0.421 e. The Hall–Kier alpha value is -7.50. The highest BCUT2D eigenvalue weighted by Crippen LogP contribution is 2.35. The van der Waals surface area contributed by atoms with Crippen molar-refractivity contribution in [3.8, 4) is 0 Å². The molecule has 0 bridgehead atoms. The highest BCUT2D eigenvalue weighted by atomic mass is 32.2. The van der Waals surface area contributed by atoms with Gasteiger partial charge in [0.15, 0.2) is 5.69 Å². The molecule has 370 valence electrons. The number of aryl methyl sites for hydroxylation is 1. The number of carbonyl (C=O) groups is 5. The summed E-state index contributed by atoms with van der Waals surface area (Å²) in [6.45, 7) is 0.991. The molecule has 0 radical (unpaired) electrons. The van der Waals surface area contributed by atoms with E-state index < -0.39 is 63.2 Å². The van der Waals surface area contributed by atoms with Gasteiger partial charge < -0.3 is 21.3 Å². The second-order valence-electron chi connectivity index (χ2n) is 16.8. The lowest BCUT2D eigenvalue weighted by atomic mass is 10.0. The van der Waals surface area contributed by atoms with Crippen LogP contribution >= 0.6 is 0 Å². The highest BCUT2D eigenvalue weighted by Gasteiger charge is 2.45. The van der Waals surface area contributed by atoms with E-state index in [0.29, 0.717) is 41.9 Å². The summed E-state index contributed by atoms with van der Waals surface area (Å²) in [5.41, 5.74) is 1.22. The number of alkyl halides is 3. The molecule has 1 saturated heterocycles. The van der Waals surface area contributed by atoms with E-state index in [2.05, 4.69) is 51.8 Å². The predicted octanol–water partition coefficient (Wildman–Crippen LogP) is 6.51. The summed E-state index contributed by atoms with van der Waals surface area (Å²) in [6, 6.07) is 13.4. The Bertz CT molecular complexity index is 2840. The maximum Gasteiger partial charge on any atom is 0.421 e. The number of unbranched alkanes of at least 4 members (excludes halogenated alkanes) is 8. The molecule has 1 fully saturated rings. The normalized spacial score (nSPS) is 14.9. The average molecular weight is 988 g/mol. The third-order valence-electron chi connectivity index (χ3n) is 11.7. The molecule has 2 aliphatic rings. The maximum atomic E-state index is 13.9. The van der Waals surface area contributed by atoms with E-state index in [4.69, 9.17) is 0 Å². The van der Waals surface area contributed by atoms with Crippen molar-refractivity contribution in [3.63, 3.8) is 0 Å². The van der Waals surface area contributed by atoms with Crippen LogP contribution in [0.1, 0.15) is 113 Å². The highest BCUT2D eigenvalue weighted by molar-refractivity contribution is 7.92. The number of imide groups is 2. The molecular formula is C46H52F3N13O7S. The Balaban J connectivity index is 0.777. The summed E-state index contributed by atoms with van der Waals surface area (Å²) >= 11 is 0. The molecular weight excluding hydrogens is 936 g/mol. The smallest absolute Gasteiger partial charge is 0.384 e. The van der Waals surface area contributed by atoms with Crippen molar-refractivity contribution in [1.82, 2.24) is 40.2 Å². The number of aromatic nitrogens is 6. The van der Waals surface area contributed by atoms with E-state index >= 15 is 0 Å². The molecule has 0 saturated carbocycles. The van der Waals surface area contributed by atoms with Gasteiger partial charge in [0, 0.05) is 68.1 Å². The monoisotopic (exact) mass is 987 g/mol. The first-order valence-electron chi connectivity index (χ1n) is 22.7.